The largest absolute Gasteiger partial charge is 0.481 e. The number of rotatable bonds is 3. The number of carboxylic acid groups (broad SMARTS) is 1. The molecule has 4 nitrogen and oxygen atoms in total. The summed E-state index contributed by atoms with van der Waals surface area (Å²) in [4.78, 5) is 10.3. The quantitative estimate of drug-likeness (QED) is 0.670. The van der Waals surface area contributed by atoms with Crippen molar-refractivity contribution in [2.75, 3.05) is 6.26 Å². The lowest BCUT2D eigenvalue weighted by Gasteiger charge is -2.12. The van der Waals surface area contributed by atoms with E-state index in [0.717, 1.165) is 6.26 Å². The van der Waals surface area contributed by atoms with Gasteiger partial charge in [0.15, 0.2) is 9.84 Å². The predicted molar refractivity (Wildman–Crippen MR) is 41.1 cm³/mol. The van der Waals surface area contributed by atoms with Crippen LogP contribution in [0.25, 0.3) is 0 Å². The van der Waals surface area contributed by atoms with Crippen molar-refractivity contribution in [2.24, 2.45) is 5.92 Å². The van der Waals surface area contributed by atoms with Gasteiger partial charge in [-0.05, 0) is 6.92 Å². The maximum Gasteiger partial charge on any atom is 0.307 e. The Balaban J connectivity index is 4.51. The highest BCUT2D eigenvalue weighted by Crippen LogP contribution is 2.10. The second-order valence-electron chi connectivity index (χ2n) is 2.66. The minimum Gasteiger partial charge on any atom is -0.481 e. The highest BCUT2D eigenvalue weighted by Gasteiger charge is 2.27. The van der Waals surface area contributed by atoms with Gasteiger partial charge < -0.3 is 5.11 Å². The summed E-state index contributed by atoms with van der Waals surface area (Å²) in [6.45, 7) is 2.78. The third kappa shape index (κ3) is 2.88. The number of sulfone groups is 1. The van der Waals surface area contributed by atoms with E-state index in [1.807, 2.05) is 0 Å². The summed E-state index contributed by atoms with van der Waals surface area (Å²) < 4.78 is 21.6. The summed E-state index contributed by atoms with van der Waals surface area (Å²) in [7, 11) is -3.23. The van der Waals surface area contributed by atoms with E-state index in [1.54, 1.807) is 0 Å². The first-order valence-electron chi connectivity index (χ1n) is 3.18. The molecule has 0 bridgehead atoms. The lowest BCUT2D eigenvalue weighted by molar-refractivity contribution is -0.141. The molecule has 0 aliphatic carbocycles. The molecule has 0 radical (unpaired) electrons. The van der Waals surface area contributed by atoms with Crippen LogP contribution in [-0.2, 0) is 14.6 Å². The van der Waals surface area contributed by atoms with E-state index in [9.17, 15) is 13.2 Å². The summed E-state index contributed by atoms with van der Waals surface area (Å²) in [6, 6.07) is 0. The molecule has 66 valence electrons. The highest BCUT2D eigenvalue weighted by atomic mass is 32.2. The number of hydrogen-bond donors (Lipinski definition) is 1. The van der Waals surface area contributed by atoms with Gasteiger partial charge in [-0.25, -0.2) is 8.42 Å². The Labute approximate surface area is 66.1 Å². The minimum atomic E-state index is -3.23. The van der Waals surface area contributed by atoms with Gasteiger partial charge in [-0.3, -0.25) is 4.79 Å². The molecule has 0 aromatic heterocycles. The van der Waals surface area contributed by atoms with E-state index in [1.165, 1.54) is 13.8 Å². The summed E-state index contributed by atoms with van der Waals surface area (Å²) in [5.74, 6) is -1.92. The topological polar surface area (TPSA) is 71.4 Å². The van der Waals surface area contributed by atoms with Crippen LogP contribution < -0.4 is 0 Å². The molecule has 11 heavy (non-hydrogen) atoms. The van der Waals surface area contributed by atoms with Crippen molar-refractivity contribution in [3.8, 4) is 0 Å². The summed E-state index contributed by atoms with van der Waals surface area (Å²) in [6.07, 6.45) is 1.04. The van der Waals surface area contributed by atoms with Gasteiger partial charge in [0.1, 0.15) is 0 Å². The molecule has 1 N–H and O–H groups in total. The van der Waals surface area contributed by atoms with Crippen LogP contribution in [0.5, 0.6) is 0 Å². The number of hydrogen-bond acceptors (Lipinski definition) is 3. The molecule has 0 aliphatic rings. The van der Waals surface area contributed by atoms with Crippen molar-refractivity contribution in [2.45, 2.75) is 19.1 Å². The molecule has 0 saturated carbocycles. The number of carbonyl (C=O) groups is 1. The van der Waals surface area contributed by atoms with E-state index < -0.39 is 27.0 Å². The number of carboxylic acids is 1. The number of aliphatic carboxylic acids is 1. The SMILES string of the molecule is C[C@@H](C(=O)O)[C@H](C)S(C)(=O)=O. The summed E-state index contributed by atoms with van der Waals surface area (Å²) >= 11 is 0. The maximum atomic E-state index is 10.8. The van der Waals surface area contributed by atoms with Crippen molar-refractivity contribution < 1.29 is 18.3 Å². The van der Waals surface area contributed by atoms with Gasteiger partial charge in [-0.15, -0.1) is 0 Å². The van der Waals surface area contributed by atoms with Gasteiger partial charge in [0.05, 0.1) is 11.2 Å². The maximum absolute atomic E-state index is 10.8. The molecule has 0 saturated heterocycles. The molecule has 0 spiro atoms. The first kappa shape index (κ1) is 10.4. The summed E-state index contributed by atoms with van der Waals surface area (Å²) in [5, 5.41) is 7.63. The molecular weight excluding hydrogens is 168 g/mol. The van der Waals surface area contributed by atoms with E-state index in [2.05, 4.69) is 0 Å². The fourth-order valence-corrected chi connectivity index (χ4v) is 1.43. The van der Waals surface area contributed by atoms with Gasteiger partial charge in [0, 0.05) is 6.26 Å². The van der Waals surface area contributed by atoms with Gasteiger partial charge in [0.25, 0.3) is 0 Å². The Morgan fingerprint density at radius 3 is 1.82 bits per heavy atom. The highest BCUT2D eigenvalue weighted by molar-refractivity contribution is 7.91. The fourth-order valence-electron chi connectivity index (χ4n) is 0.572. The first-order chi connectivity index (χ1) is 4.76. The van der Waals surface area contributed by atoms with E-state index >= 15 is 0 Å². The fraction of sp³-hybridized carbons (Fsp3) is 0.833. The molecule has 0 fully saturated rings. The Morgan fingerprint density at radius 2 is 1.73 bits per heavy atom. The van der Waals surface area contributed by atoms with Crippen LogP contribution in [0.3, 0.4) is 0 Å². The van der Waals surface area contributed by atoms with Crippen molar-refractivity contribution in [3.05, 3.63) is 0 Å². The monoisotopic (exact) mass is 180 g/mol. The smallest absolute Gasteiger partial charge is 0.307 e. The van der Waals surface area contributed by atoms with Crippen LogP contribution in [0.4, 0.5) is 0 Å². The van der Waals surface area contributed by atoms with Crippen LogP contribution in [-0.4, -0.2) is 31.0 Å². The van der Waals surface area contributed by atoms with Crippen LogP contribution in [0.2, 0.25) is 0 Å². The predicted octanol–water partition coefficient (Wildman–Crippen LogP) is 0.140. The van der Waals surface area contributed by atoms with Crippen LogP contribution in [0, 0.1) is 5.92 Å². The third-order valence-electron chi connectivity index (χ3n) is 1.77. The zero-order valence-electron chi connectivity index (χ0n) is 6.73. The molecule has 0 aromatic rings. The molecule has 0 aliphatic heterocycles. The van der Waals surface area contributed by atoms with Gasteiger partial charge >= 0.3 is 5.97 Å². The van der Waals surface area contributed by atoms with Gasteiger partial charge in [-0.2, -0.15) is 0 Å². The molecular formula is C6H12O4S. The van der Waals surface area contributed by atoms with E-state index in [0.29, 0.717) is 0 Å². The zero-order valence-corrected chi connectivity index (χ0v) is 7.55. The van der Waals surface area contributed by atoms with Crippen LogP contribution >= 0.6 is 0 Å². The zero-order chi connectivity index (χ0) is 9.23. The molecule has 2 atom stereocenters. The van der Waals surface area contributed by atoms with E-state index in [4.69, 9.17) is 5.11 Å². The Morgan fingerprint density at radius 1 is 1.36 bits per heavy atom. The van der Waals surface area contributed by atoms with Crippen LogP contribution in [0.15, 0.2) is 0 Å². The minimum absolute atomic E-state index is 0.819. The normalized spacial score (nSPS) is 17.4. The van der Waals surface area contributed by atoms with Gasteiger partial charge in [0.2, 0.25) is 0 Å². The lowest BCUT2D eigenvalue weighted by Crippen LogP contribution is -2.29. The third-order valence-corrected chi connectivity index (χ3v) is 3.53. The summed E-state index contributed by atoms with van der Waals surface area (Å²) in [5.41, 5.74) is 0. The van der Waals surface area contributed by atoms with Crippen LogP contribution in [0.1, 0.15) is 13.8 Å². The Bertz CT molecular complexity index is 241. The molecule has 0 heterocycles. The standard InChI is InChI=1S/C6H12O4S/c1-4(6(7)8)5(2)11(3,9)10/h4-5H,1-3H3,(H,7,8)/t4-,5+/m1/s1. The van der Waals surface area contributed by atoms with Crippen molar-refractivity contribution in [3.63, 3.8) is 0 Å². The van der Waals surface area contributed by atoms with Crippen molar-refractivity contribution >= 4 is 15.8 Å². The molecule has 0 aromatic carbocycles. The molecule has 5 heteroatoms. The van der Waals surface area contributed by atoms with Gasteiger partial charge in [-0.1, -0.05) is 6.92 Å². The molecule has 0 rings (SSSR count). The molecule has 0 amide bonds. The molecule has 0 unspecified atom stereocenters. The second kappa shape index (κ2) is 3.21. The Hall–Kier alpha value is -0.580. The first-order valence-corrected chi connectivity index (χ1v) is 5.14. The van der Waals surface area contributed by atoms with Crippen molar-refractivity contribution in [1.82, 2.24) is 0 Å². The van der Waals surface area contributed by atoms with Crippen molar-refractivity contribution in [1.29, 1.82) is 0 Å². The van der Waals surface area contributed by atoms with E-state index in [-0.39, 0.29) is 0 Å². The average Bonchev–Trinajstić information content (AvgIpc) is 1.82. The Kier molecular flexibility index (Phi) is 3.04. The second-order valence-corrected chi connectivity index (χ2v) is 5.06. The lowest BCUT2D eigenvalue weighted by atomic mass is 10.1. The average molecular weight is 180 g/mol.